The number of amides is 2. The molecule has 0 saturated heterocycles. The number of ether oxygens (including phenoxy) is 3. The number of benzene rings is 3. The average molecular weight is 670 g/mol. The van der Waals surface area contributed by atoms with Gasteiger partial charge in [0.15, 0.2) is 13.2 Å². The maximum absolute atomic E-state index is 13.0. The van der Waals surface area contributed by atoms with E-state index in [9.17, 15) is 38.4 Å². The second-order valence-corrected chi connectivity index (χ2v) is 9.74. The molecule has 0 aliphatic carbocycles. The zero-order valence-electron chi connectivity index (χ0n) is 25.6. The highest BCUT2D eigenvalue weighted by Crippen LogP contribution is 2.19. The normalized spacial score (nSPS) is 10.4. The minimum Gasteiger partial charge on any atom is -0.452 e. The number of isocyanates is 3. The molecule has 0 saturated carbocycles. The number of nitrogens with zero attached hydrogens (tertiary/aromatic N) is 3. The molecular weight excluding hydrogens is 642 g/mol. The third-order valence-corrected chi connectivity index (χ3v) is 6.32. The third kappa shape index (κ3) is 12.8. The van der Waals surface area contributed by atoms with Crippen molar-refractivity contribution in [3.05, 3.63) is 83.9 Å². The van der Waals surface area contributed by atoms with Gasteiger partial charge in [-0.05, 0) is 92.1 Å². The molecule has 0 aliphatic rings. The lowest BCUT2D eigenvalue weighted by atomic mass is 10.1. The monoisotopic (exact) mass is 669 g/mol. The number of aliphatic imine (C=N–C) groups is 3. The fraction of sp³-hybridized carbons (Fsp3) is 0.212. The van der Waals surface area contributed by atoms with Gasteiger partial charge >= 0.3 is 17.9 Å². The van der Waals surface area contributed by atoms with Gasteiger partial charge in [0.05, 0.1) is 28.2 Å². The van der Waals surface area contributed by atoms with Crippen molar-refractivity contribution in [2.45, 2.75) is 25.3 Å². The molecule has 16 heteroatoms. The number of hydrogen-bond donors (Lipinski definition) is 2. The number of esters is 3. The summed E-state index contributed by atoms with van der Waals surface area (Å²) in [4.78, 5) is 104. The van der Waals surface area contributed by atoms with E-state index < -0.39 is 49.0 Å². The molecule has 2 N–H and O–H groups in total. The molecule has 16 nitrogen and oxygen atoms in total. The summed E-state index contributed by atoms with van der Waals surface area (Å²) >= 11 is 0. The fourth-order valence-corrected chi connectivity index (χ4v) is 3.94. The molecule has 3 rings (SSSR count). The van der Waals surface area contributed by atoms with Gasteiger partial charge in [-0.3, -0.25) is 9.59 Å². The number of rotatable bonds is 17. The van der Waals surface area contributed by atoms with E-state index in [4.69, 9.17) is 14.2 Å². The van der Waals surface area contributed by atoms with E-state index in [-0.39, 0.29) is 41.2 Å². The van der Waals surface area contributed by atoms with Crippen molar-refractivity contribution < 1.29 is 52.6 Å². The van der Waals surface area contributed by atoms with Gasteiger partial charge in [-0.25, -0.2) is 28.8 Å². The van der Waals surface area contributed by atoms with E-state index in [1.54, 1.807) is 0 Å². The van der Waals surface area contributed by atoms with Crippen LogP contribution in [0.4, 0.5) is 17.1 Å². The molecule has 49 heavy (non-hydrogen) atoms. The Morgan fingerprint density at radius 2 is 1.06 bits per heavy atom. The molecule has 1 atom stereocenters. The minimum absolute atomic E-state index is 0.0692. The molecule has 3 aromatic rings. The van der Waals surface area contributed by atoms with Gasteiger partial charge in [0.2, 0.25) is 18.2 Å². The number of hydrogen-bond acceptors (Lipinski definition) is 14. The van der Waals surface area contributed by atoms with Gasteiger partial charge in [-0.1, -0.05) is 0 Å². The summed E-state index contributed by atoms with van der Waals surface area (Å²) in [5.74, 6) is -3.69. The lowest BCUT2D eigenvalue weighted by molar-refractivity contribution is -0.140. The van der Waals surface area contributed by atoms with Crippen LogP contribution in [0.3, 0.4) is 0 Å². The Bertz CT molecular complexity index is 1790. The predicted molar refractivity (Wildman–Crippen MR) is 168 cm³/mol. The van der Waals surface area contributed by atoms with Crippen molar-refractivity contribution in [1.82, 2.24) is 10.6 Å². The third-order valence-electron chi connectivity index (χ3n) is 6.32. The zero-order chi connectivity index (χ0) is 35.4. The molecule has 0 bridgehead atoms. The van der Waals surface area contributed by atoms with Crippen LogP contribution in [-0.2, 0) is 38.2 Å². The smallest absolute Gasteiger partial charge is 0.338 e. The summed E-state index contributed by atoms with van der Waals surface area (Å²) in [7, 11) is 0. The Morgan fingerprint density at radius 1 is 0.612 bits per heavy atom. The second-order valence-electron chi connectivity index (χ2n) is 9.74. The van der Waals surface area contributed by atoms with Crippen molar-refractivity contribution in [3.63, 3.8) is 0 Å². The number of unbranched alkanes of at least 4 members (excludes halogenated alkanes) is 1. The van der Waals surface area contributed by atoms with Gasteiger partial charge in [-0.2, -0.15) is 15.0 Å². The summed E-state index contributed by atoms with van der Waals surface area (Å²) in [6.07, 6.45) is 4.89. The van der Waals surface area contributed by atoms with Crippen molar-refractivity contribution in [2.75, 3.05) is 19.8 Å². The van der Waals surface area contributed by atoms with Crippen LogP contribution in [0.25, 0.3) is 0 Å². The zero-order valence-corrected chi connectivity index (χ0v) is 25.6. The minimum atomic E-state index is -1.18. The van der Waals surface area contributed by atoms with Crippen molar-refractivity contribution in [3.8, 4) is 5.75 Å². The summed E-state index contributed by atoms with van der Waals surface area (Å²) in [5.41, 5.74) is 1.09. The first-order chi connectivity index (χ1) is 23.7. The Hall–Kier alpha value is -6.85. The van der Waals surface area contributed by atoms with Crippen LogP contribution in [0, 0.1) is 0 Å². The first kappa shape index (κ1) is 36.6. The second kappa shape index (κ2) is 19.6. The van der Waals surface area contributed by atoms with Crippen LogP contribution in [0.5, 0.6) is 5.75 Å². The van der Waals surface area contributed by atoms with Gasteiger partial charge in [0.1, 0.15) is 11.8 Å². The van der Waals surface area contributed by atoms with Crippen molar-refractivity contribution >= 4 is 65.0 Å². The summed E-state index contributed by atoms with van der Waals surface area (Å²) < 4.78 is 15.4. The molecular formula is C33H27N5O11. The number of carbonyl (C=O) groups excluding carboxylic acids is 8. The van der Waals surface area contributed by atoms with Crippen LogP contribution in [0.1, 0.15) is 40.0 Å². The molecule has 0 aromatic heterocycles. The summed E-state index contributed by atoms with van der Waals surface area (Å²) in [6, 6.07) is 15.5. The van der Waals surface area contributed by atoms with E-state index >= 15 is 0 Å². The van der Waals surface area contributed by atoms with Gasteiger partial charge in [0, 0.05) is 6.54 Å². The highest BCUT2D eigenvalue weighted by molar-refractivity contribution is 5.93. The molecule has 0 aliphatic heterocycles. The van der Waals surface area contributed by atoms with E-state index in [2.05, 4.69) is 25.6 Å². The maximum atomic E-state index is 13.0. The lowest BCUT2D eigenvalue weighted by Crippen LogP contribution is -2.44. The SMILES string of the molecule is O=C=Nc1ccc(OC(=O)C(CCCCNC(=O)COC(=O)c2ccc(N=C=O)cc2)NC(=O)COC(=O)c2ccc(N=C=O)cc2)cc1. The van der Waals surface area contributed by atoms with E-state index in [0.29, 0.717) is 18.5 Å². The van der Waals surface area contributed by atoms with Gasteiger partial charge in [-0.15, -0.1) is 0 Å². The van der Waals surface area contributed by atoms with Crippen LogP contribution >= 0.6 is 0 Å². The molecule has 2 amide bonds. The molecule has 3 aromatic carbocycles. The highest BCUT2D eigenvalue weighted by atomic mass is 16.5. The van der Waals surface area contributed by atoms with Crippen LogP contribution in [0.2, 0.25) is 0 Å². The first-order valence-corrected chi connectivity index (χ1v) is 14.4. The predicted octanol–water partition coefficient (Wildman–Crippen LogP) is 2.98. The lowest BCUT2D eigenvalue weighted by Gasteiger charge is -2.18. The Labute approximate surface area is 277 Å². The summed E-state index contributed by atoms with van der Waals surface area (Å²) in [6.45, 7) is -1.12. The van der Waals surface area contributed by atoms with Crippen LogP contribution in [-0.4, -0.2) is 73.8 Å². The molecule has 0 fully saturated rings. The Kier molecular flexibility index (Phi) is 14.7. The molecule has 0 heterocycles. The van der Waals surface area contributed by atoms with E-state index in [0.717, 1.165) is 0 Å². The van der Waals surface area contributed by atoms with Crippen LogP contribution < -0.4 is 15.4 Å². The standard InChI is InChI=1S/C33H27N5O11/c39-19-35-24-8-4-22(5-9-24)31(44)47-17-29(42)34-16-2-1-3-28(33(46)49-27-14-12-26(13-15-27)37-21-41)38-30(43)18-48-32(45)23-6-10-25(11-7-23)36-20-40/h4-15,28H,1-3,16-18H2,(H,34,42)(H,38,43). The van der Waals surface area contributed by atoms with Gasteiger partial charge in [0.25, 0.3) is 11.8 Å². The van der Waals surface area contributed by atoms with Crippen molar-refractivity contribution in [2.24, 2.45) is 15.0 Å². The van der Waals surface area contributed by atoms with Crippen LogP contribution in [0.15, 0.2) is 87.8 Å². The number of carbonyl (C=O) groups is 5. The summed E-state index contributed by atoms with van der Waals surface area (Å²) in [5, 5.41) is 5.05. The van der Waals surface area contributed by atoms with Crippen molar-refractivity contribution in [1.29, 1.82) is 0 Å². The average Bonchev–Trinajstić information content (AvgIpc) is 3.10. The quantitative estimate of drug-likeness (QED) is 0.0698. The molecule has 250 valence electrons. The molecule has 1 unspecified atom stereocenters. The molecule has 0 spiro atoms. The Morgan fingerprint density at radius 3 is 1.53 bits per heavy atom. The van der Waals surface area contributed by atoms with E-state index in [1.165, 1.54) is 91.0 Å². The number of nitrogens with one attached hydrogen (secondary N) is 2. The highest BCUT2D eigenvalue weighted by Gasteiger charge is 2.24. The molecule has 0 radical (unpaired) electrons. The fourth-order valence-electron chi connectivity index (χ4n) is 3.94. The van der Waals surface area contributed by atoms with Gasteiger partial charge < -0.3 is 24.8 Å². The Balaban J connectivity index is 1.50. The maximum Gasteiger partial charge on any atom is 0.338 e. The van der Waals surface area contributed by atoms with E-state index in [1.807, 2.05) is 0 Å². The largest absolute Gasteiger partial charge is 0.452 e. The first-order valence-electron chi connectivity index (χ1n) is 14.4. The topological polar surface area (TPSA) is 225 Å².